The molecule has 0 aliphatic heterocycles. The molecule has 0 spiro atoms. The van der Waals surface area contributed by atoms with E-state index in [0.29, 0.717) is 22.9 Å². The molecule has 0 aromatic heterocycles. The molecule has 3 nitrogen and oxygen atoms in total. The van der Waals surface area contributed by atoms with Gasteiger partial charge in [-0.3, -0.25) is 0 Å². The van der Waals surface area contributed by atoms with Crippen LogP contribution >= 0.6 is 23.8 Å². The van der Waals surface area contributed by atoms with Gasteiger partial charge in [0.15, 0.2) is 0 Å². The highest BCUT2D eigenvalue weighted by molar-refractivity contribution is 7.80. The molecule has 0 heterocycles. The molecule has 2 aromatic carbocycles. The van der Waals surface area contributed by atoms with E-state index in [1.807, 2.05) is 42.5 Å². The van der Waals surface area contributed by atoms with Crippen molar-refractivity contribution < 1.29 is 9.90 Å². The topological polar surface area (TPSA) is 49.3 Å². The molecule has 0 fully saturated rings. The van der Waals surface area contributed by atoms with Gasteiger partial charge in [-0.15, -0.1) is 0 Å². The van der Waals surface area contributed by atoms with E-state index in [1.54, 1.807) is 12.1 Å². The number of carboxylic acid groups (broad SMARTS) is 1. The van der Waals surface area contributed by atoms with Crippen molar-refractivity contribution in [1.29, 1.82) is 0 Å². The third kappa shape index (κ3) is 5.13. The number of halogens is 1. The summed E-state index contributed by atoms with van der Waals surface area (Å²) in [7, 11) is 0. The Morgan fingerprint density at radius 1 is 1.09 bits per heavy atom. The van der Waals surface area contributed by atoms with Gasteiger partial charge >= 0.3 is 5.97 Å². The Morgan fingerprint density at radius 3 is 2.32 bits per heavy atom. The molecule has 0 aliphatic rings. The average molecular weight is 334 g/mol. The first-order chi connectivity index (χ1) is 10.5. The first-order valence-electron chi connectivity index (χ1n) is 6.85. The molecule has 2 aromatic rings. The van der Waals surface area contributed by atoms with Crippen LogP contribution in [-0.2, 0) is 17.6 Å². The Kier molecular flexibility index (Phi) is 5.92. The summed E-state index contributed by atoms with van der Waals surface area (Å²) in [5.41, 5.74) is 1.95. The van der Waals surface area contributed by atoms with E-state index in [2.05, 4.69) is 5.32 Å². The van der Waals surface area contributed by atoms with Crippen LogP contribution in [0.2, 0.25) is 5.02 Å². The molecule has 0 saturated heterocycles. The largest absolute Gasteiger partial charge is 0.480 e. The third-order valence-electron chi connectivity index (χ3n) is 3.19. The van der Waals surface area contributed by atoms with Crippen molar-refractivity contribution in [3.8, 4) is 0 Å². The van der Waals surface area contributed by atoms with Gasteiger partial charge in [0.05, 0.1) is 4.99 Å². The maximum atomic E-state index is 11.4. The first-order valence-corrected chi connectivity index (χ1v) is 7.64. The maximum Gasteiger partial charge on any atom is 0.326 e. The average Bonchev–Trinajstić information content (AvgIpc) is 2.50. The quantitative estimate of drug-likeness (QED) is 0.794. The first kappa shape index (κ1) is 16.5. The number of nitrogens with one attached hydrogen (secondary N) is 1. The van der Waals surface area contributed by atoms with Gasteiger partial charge in [-0.05, 0) is 23.3 Å². The summed E-state index contributed by atoms with van der Waals surface area (Å²) >= 11 is 11.1. The molecule has 0 unspecified atom stereocenters. The summed E-state index contributed by atoms with van der Waals surface area (Å²) in [6.07, 6.45) is 0.877. The van der Waals surface area contributed by atoms with Crippen LogP contribution in [0.1, 0.15) is 11.1 Å². The van der Waals surface area contributed by atoms with E-state index in [4.69, 9.17) is 23.8 Å². The Bertz CT molecular complexity index is 643. The minimum absolute atomic E-state index is 0.386. The predicted molar refractivity (Wildman–Crippen MR) is 92.5 cm³/mol. The number of rotatable bonds is 6. The van der Waals surface area contributed by atoms with Crippen molar-refractivity contribution in [2.45, 2.75) is 18.9 Å². The monoisotopic (exact) mass is 333 g/mol. The van der Waals surface area contributed by atoms with Gasteiger partial charge in [0.1, 0.15) is 6.04 Å². The van der Waals surface area contributed by atoms with Crippen LogP contribution in [0.3, 0.4) is 0 Å². The SMILES string of the molecule is O=C(O)[C@H](Cc1ccccc1)NC(=S)Cc1ccc(Cl)cc1. The number of thiocarbonyl (C=S) groups is 1. The van der Waals surface area contributed by atoms with Crippen molar-refractivity contribution in [1.82, 2.24) is 5.32 Å². The Hall–Kier alpha value is -1.91. The molecule has 1 atom stereocenters. The second-order valence-corrected chi connectivity index (χ2v) is 5.88. The molecule has 5 heteroatoms. The lowest BCUT2D eigenvalue weighted by atomic mass is 10.1. The van der Waals surface area contributed by atoms with E-state index >= 15 is 0 Å². The van der Waals surface area contributed by atoms with Crippen LogP contribution in [0.15, 0.2) is 54.6 Å². The van der Waals surface area contributed by atoms with Crippen molar-refractivity contribution in [2.24, 2.45) is 0 Å². The molecule has 0 saturated carbocycles. The van der Waals surface area contributed by atoms with Gasteiger partial charge in [0.25, 0.3) is 0 Å². The molecule has 2 rings (SSSR count). The van der Waals surface area contributed by atoms with Crippen LogP contribution in [-0.4, -0.2) is 22.1 Å². The zero-order valence-electron chi connectivity index (χ0n) is 11.8. The predicted octanol–water partition coefficient (Wildman–Crippen LogP) is 3.50. The molecule has 0 aliphatic carbocycles. The molecule has 0 amide bonds. The van der Waals surface area contributed by atoms with Crippen LogP contribution in [0.25, 0.3) is 0 Å². The molecular formula is C17H16ClNO2S. The number of carbonyl (C=O) groups is 1. The van der Waals surface area contributed by atoms with Gasteiger partial charge in [0, 0.05) is 17.9 Å². The van der Waals surface area contributed by atoms with E-state index in [9.17, 15) is 9.90 Å². The van der Waals surface area contributed by atoms with Crippen molar-refractivity contribution >= 4 is 34.8 Å². The Balaban J connectivity index is 1.97. The van der Waals surface area contributed by atoms with Gasteiger partial charge < -0.3 is 10.4 Å². The summed E-state index contributed by atoms with van der Waals surface area (Å²) in [6.45, 7) is 0. The molecule has 2 N–H and O–H groups in total. The molecule has 114 valence electrons. The highest BCUT2D eigenvalue weighted by atomic mass is 35.5. The molecular weight excluding hydrogens is 318 g/mol. The summed E-state index contributed by atoms with van der Waals surface area (Å²) < 4.78 is 0. The summed E-state index contributed by atoms with van der Waals surface area (Å²) in [4.78, 5) is 11.9. The lowest BCUT2D eigenvalue weighted by Gasteiger charge is -2.16. The van der Waals surface area contributed by atoms with E-state index in [-0.39, 0.29) is 0 Å². The van der Waals surface area contributed by atoms with Crippen LogP contribution in [0.4, 0.5) is 0 Å². The standard InChI is InChI=1S/C17H16ClNO2S/c18-14-8-6-13(7-9-14)11-16(22)19-15(17(20)21)10-12-4-2-1-3-5-12/h1-9,15H,10-11H2,(H,19,22)(H,20,21)/t15-/m0/s1. The number of benzene rings is 2. The van der Waals surface area contributed by atoms with Crippen LogP contribution in [0, 0.1) is 0 Å². The normalized spacial score (nSPS) is 11.7. The van der Waals surface area contributed by atoms with Gasteiger partial charge in [-0.25, -0.2) is 4.79 Å². The zero-order chi connectivity index (χ0) is 15.9. The number of hydrogen-bond acceptors (Lipinski definition) is 2. The van der Waals surface area contributed by atoms with Crippen molar-refractivity contribution in [2.75, 3.05) is 0 Å². The van der Waals surface area contributed by atoms with Crippen molar-refractivity contribution in [3.05, 3.63) is 70.7 Å². The van der Waals surface area contributed by atoms with E-state index < -0.39 is 12.0 Å². The van der Waals surface area contributed by atoms with E-state index in [0.717, 1.165) is 11.1 Å². The summed E-state index contributed by atoms with van der Waals surface area (Å²) in [5, 5.41) is 12.9. The van der Waals surface area contributed by atoms with E-state index in [1.165, 1.54) is 0 Å². The second kappa shape index (κ2) is 7.92. The zero-order valence-corrected chi connectivity index (χ0v) is 13.4. The van der Waals surface area contributed by atoms with Crippen LogP contribution < -0.4 is 5.32 Å². The number of aliphatic carboxylic acids is 1. The molecule has 0 radical (unpaired) electrons. The maximum absolute atomic E-state index is 11.4. The third-order valence-corrected chi connectivity index (χ3v) is 3.71. The van der Waals surface area contributed by atoms with Gasteiger partial charge in [-0.2, -0.15) is 0 Å². The number of carboxylic acids is 1. The Labute approximate surface area is 139 Å². The second-order valence-electron chi connectivity index (χ2n) is 4.95. The Morgan fingerprint density at radius 2 is 1.73 bits per heavy atom. The fraction of sp³-hybridized carbons (Fsp3) is 0.176. The molecule has 22 heavy (non-hydrogen) atoms. The molecule has 0 bridgehead atoms. The number of hydrogen-bond donors (Lipinski definition) is 2. The van der Waals surface area contributed by atoms with Crippen LogP contribution in [0.5, 0.6) is 0 Å². The fourth-order valence-corrected chi connectivity index (χ4v) is 2.52. The summed E-state index contributed by atoms with van der Waals surface area (Å²) in [6, 6.07) is 16.1. The summed E-state index contributed by atoms with van der Waals surface area (Å²) in [5.74, 6) is -0.915. The highest BCUT2D eigenvalue weighted by Gasteiger charge is 2.18. The smallest absolute Gasteiger partial charge is 0.326 e. The minimum atomic E-state index is -0.915. The minimum Gasteiger partial charge on any atom is -0.480 e. The van der Waals surface area contributed by atoms with Gasteiger partial charge in [0.2, 0.25) is 0 Å². The van der Waals surface area contributed by atoms with Crippen molar-refractivity contribution in [3.63, 3.8) is 0 Å². The fourth-order valence-electron chi connectivity index (χ4n) is 2.08. The lowest BCUT2D eigenvalue weighted by molar-refractivity contribution is -0.139. The lowest BCUT2D eigenvalue weighted by Crippen LogP contribution is -2.42. The van der Waals surface area contributed by atoms with Gasteiger partial charge in [-0.1, -0.05) is 66.3 Å². The highest BCUT2D eigenvalue weighted by Crippen LogP contribution is 2.10.